The molecule has 0 amide bonds. The zero-order valence-electron chi connectivity index (χ0n) is 6.34. The van der Waals surface area contributed by atoms with Crippen molar-refractivity contribution in [3.8, 4) is 0 Å². The van der Waals surface area contributed by atoms with Crippen molar-refractivity contribution < 1.29 is 4.39 Å². The summed E-state index contributed by atoms with van der Waals surface area (Å²) in [5.41, 5.74) is 0.381. The van der Waals surface area contributed by atoms with Crippen LogP contribution in [0.2, 0.25) is 10.4 Å². The number of aromatic nitrogens is 3. The Kier molecular flexibility index (Phi) is 3.06. The van der Waals surface area contributed by atoms with E-state index in [4.69, 9.17) is 23.2 Å². The van der Waals surface area contributed by atoms with E-state index in [9.17, 15) is 4.39 Å². The molecule has 2 rings (SSSR count). The minimum atomic E-state index is -0.453. The molecule has 0 aliphatic rings. The van der Waals surface area contributed by atoms with Gasteiger partial charge in [0, 0.05) is 30.3 Å². The van der Waals surface area contributed by atoms with Crippen molar-refractivity contribution in [3.05, 3.63) is 22.5 Å². The number of hydrogen-bond donors (Lipinski definition) is 0. The van der Waals surface area contributed by atoms with Crippen molar-refractivity contribution in [2.24, 2.45) is 0 Å². The predicted octanol–water partition coefficient (Wildman–Crippen LogP) is 3.72. The Morgan fingerprint density at radius 3 is 2.79 bits per heavy atom. The Morgan fingerprint density at radius 1 is 1.43 bits per heavy atom. The minimum Gasteiger partial charge on any atom is -0.263 e. The van der Waals surface area contributed by atoms with E-state index in [-0.39, 0.29) is 15.8 Å². The molecule has 14 heavy (non-hydrogen) atoms. The summed E-state index contributed by atoms with van der Waals surface area (Å²) in [6.07, 6.45) is 1.29. The van der Waals surface area contributed by atoms with E-state index in [0.717, 1.165) is 0 Å². The van der Waals surface area contributed by atoms with Crippen molar-refractivity contribution in [1.82, 2.24) is 13.9 Å². The van der Waals surface area contributed by atoms with Crippen LogP contribution < -0.4 is 0 Å². The van der Waals surface area contributed by atoms with Crippen molar-refractivity contribution >= 4 is 64.6 Å². The second-order valence-corrected chi connectivity index (χ2v) is 4.76. The second kappa shape index (κ2) is 3.99. The largest absolute Gasteiger partial charge is 0.263 e. The zero-order chi connectivity index (χ0) is 10.3. The highest BCUT2D eigenvalue weighted by molar-refractivity contribution is 14.2. The van der Waals surface area contributed by atoms with Crippen LogP contribution in [0, 0.1) is 5.82 Å². The average molecular weight is 364 g/mol. The van der Waals surface area contributed by atoms with Gasteiger partial charge in [0.05, 0.1) is 11.6 Å². The maximum atomic E-state index is 13.3. The highest BCUT2D eigenvalue weighted by Gasteiger charge is 2.15. The lowest BCUT2D eigenvalue weighted by molar-refractivity contribution is 0.638. The van der Waals surface area contributed by atoms with E-state index in [0.29, 0.717) is 5.65 Å². The molecular formula is C6HCl2FIN3S. The molecule has 74 valence electrons. The van der Waals surface area contributed by atoms with Gasteiger partial charge < -0.3 is 0 Å². The van der Waals surface area contributed by atoms with Gasteiger partial charge in [0.2, 0.25) is 5.28 Å². The maximum Gasteiger partial charge on any atom is 0.225 e. The summed E-state index contributed by atoms with van der Waals surface area (Å²) in [4.78, 5) is 7.56. The van der Waals surface area contributed by atoms with Gasteiger partial charge in [-0.05, 0) is 11.6 Å². The molecule has 0 N–H and O–H groups in total. The summed E-state index contributed by atoms with van der Waals surface area (Å²) in [6, 6.07) is 0. The minimum absolute atomic E-state index is 0.00676. The molecule has 2 aromatic heterocycles. The van der Waals surface area contributed by atoms with Crippen molar-refractivity contribution in [2.45, 2.75) is 0 Å². The molecule has 0 aliphatic carbocycles. The molecular weight excluding hydrogens is 363 g/mol. The normalized spacial score (nSPS) is 11.1. The molecule has 0 aromatic carbocycles. The lowest BCUT2D eigenvalue weighted by atomic mass is 10.4. The van der Waals surface area contributed by atoms with Crippen LogP contribution in [0.3, 0.4) is 0 Å². The van der Waals surface area contributed by atoms with Crippen LogP contribution in [-0.4, -0.2) is 13.9 Å². The van der Waals surface area contributed by atoms with Crippen molar-refractivity contribution in [3.63, 3.8) is 0 Å². The first kappa shape index (κ1) is 10.7. The lowest BCUT2D eigenvalue weighted by Crippen LogP contribution is -1.88. The van der Waals surface area contributed by atoms with E-state index in [1.165, 1.54) is 19.3 Å². The fraction of sp³-hybridized carbons (Fsp3) is 0. The average Bonchev–Trinajstić information content (AvgIpc) is 2.42. The third-order valence-corrected chi connectivity index (χ3v) is 3.71. The Morgan fingerprint density at radius 2 is 2.14 bits per heavy atom. The SMILES string of the molecule is Fc1cn(SI)c2nc(Cl)nc(Cl)c12. The van der Waals surface area contributed by atoms with Crippen molar-refractivity contribution in [1.29, 1.82) is 0 Å². The first-order valence-corrected chi connectivity index (χ1v) is 7.39. The third kappa shape index (κ3) is 1.68. The van der Waals surface area contributed by atoms with E-state index >= 15 is 0 Å². The molecule has 0 bridgehead atoms. The monoisotopic (exact) mass is 363 g/mol. The molecule has 0 aliphatic heterocycles. The summed E-state index contributed by atoms with van der Waals surface area (Å²) in [5, 5.41) is 0.231. The Labute approximate surface area is 105 Å². The number of rotatable bonds is 1. The molecule has 0 spiro atoms. The van der Waals surface area contributed by atoms with Gasteiger partial charge in [0.25, 0.3) is 0 Å². The van der Waals surface area contributed by atoms with Gasteiger partial charge in [-0.2, -0.15) is 4.98 Å². The zero-order valence-corrected chi connectivity index (χ0v) is 10.8. The molecule has 0 fully saturated rings. The van der Waals surface area contributed by atoms with Crippen LogP contribution >= 0.6 is 53.5 Å². The lowest BCUT2D eigenvalue weighted by Gasteiger charge is -1.97. The summed E-state index contributed by atoms with van der Waals surface area (Å²) in [7, 11) is 1.28. The number of nitrogens with zero attached hydrogens (tertiary/aromatic N) is 3. The van der Waals surface area contributed by atoms with Crippen LogP contribution in [0.25, 0.3) is 11.0 Å². The molecule has 0 unspecified atom stereocenters. The first-order valence-electron chi connectivity index (χ1n) is 3.32. The molecule has 0 atom stereocenters. The fourth-order valence-electron chi connectivity index (χ4n) is 1.04. The van der Waals surface area contributed by atoms with Gasteiger partial charge in [-0.25, -0.2) is 9.37 Å². The molecule has 0 saturated carbocycles. The number of fused-ring (bicyclic) bond motifs is 1. The molecule has 2 heterocycles. The summed E-state index contributed by atoms with van der Waals surface area (Å²) in [5.74, 6) is -0.453. The van der Waals surface area contributed by atoms with Gasteiger partial charge in [-0.1, -0.05) is 11.6 Å². The Bertz CT molecular complexity index is 503. The Balaban J connectivity index is 2.89. The van der Waals surface area contributed by atoms with Gasteiger partial charge in [0.1, 0.15) is 5.15 Å². The highest BCUT2D eigenvalue weighted by atomic mass is 127. The van der Waals surface area contributed by atoms with Gasteiger partial charge in [-0.15, -0.1) is 0 Å². The van der Waals surface area contributed by atoms with E-state index in [2.05, 4.69) is 9.97 Å². The molecule has 0 radical (unpaired) electrons. The smallest absolute Gasteiger partial charge is 0.225 e. The number of halogens is 4. The Hall–Kier alpha value is 0.210. The van der Waals surface area contributed by atoms with Crippen molar-refractivity contribution in [2.75, 3.05) is 0 Å². The molecule has 2 aromatic rings. The summed E-state index contributed by atoms with van der Waals surface area (Å²) >= 11 is 13.3. The quantitative estimate of drug-likeness (QED) is 0.439. The van der Waals surface area contributed by atoms with Crippen LogP contribution in [0.15, 0.2) is 6.20 Å². The second-order valence-electron chi connectivity index (χ2n) is 2.35. The van der Waals surface area contributed by atoms with Crippen LogP contribution in [0.4, 0.5) is 4.39 Å². The van der Waals surface area contributed by atoms with Crippen LogP contribution in [-0.2, 0) is 0 Å². The maximum absolute atomic E-state index is 13.3. The first-order chi connectivity index (χ1) is 6.63. The summed E-state index contributed by atoms with van der Waals surface area (Å²) < 4.78 is 14.9. The van der Waals surface area contributed by atoms with E-state index < -0.39 is 5.82 Å². The van der Waals surface area contributed by atoms with Gasteiger partial charge in [0.15, 0.2) is 11.5 Å². The number of hydrogen-bond acceptors (Lipinski definition) is 3. The van der Waals surface area contributed by atoms with Crippen LogP contribution in [0.5, 0.6) is 0 Å². The fourth-order valence-corrected chi connectivity index (χ4v) is 2.74. The molecule has 8 heteroatoms. The topological polar surface area (TPSA) is 30.7 Å². The third-order valence-electron chi connectivity index (χ3n) is 1.57. The molecule has 3 nitrogen and oxygen atoms in total. The van der Waals surface area contributed by atoms with E-state index in [1.54, 1.807) is 0 Å². The van der Waals surface area contributed by atoms with E-state index in [1.807, 2.05) is 21.2 Å². The predicted molar refractivity (Wildman–Crippen MR) is 64.5 cm³/mol. The summed E-state index contributed by atoms with van der Waals surface area (Å²) in [6.45, 7) is 0. The standard InChI is InChI=1S/C6HCl2FIN3S/c7-4-3-2(9)1-13(14-10)5(3)12-6(8)11-4/h1H. The van der Waals surface area contributed by atoms with Crippen LogP contribution in [0.1, 0.15) is 0 Å². The highest BCUT2D eigenvalue weighted by Crippen LogP contribution is 2.30. The van der Waals surface area contributed by atoms with Gasteiger partial charge in [-0.3, -0.25) is 3.97 Å². The molecule has 0 saturated heterocycles. The van der Waals surface area contributed by atoms with Gasteiger partial charge >= 0.3 is 0 Å².